The second-order valence-electron chi connectivity index (χ2n) is 6.68. The summed E-state index contributed by atoms with van der Waals surface area (Å²) in [5.41, 5.74) is 0.995. The fourth-order valence-corrected chi connectivity index (χ4v) is 3.08. The molecule has 0 radical (unpaired) electrons. The molecule has 0 spiro atoms. The summed E-state index contributed by atoms with van der Waals surface area (Å²) >= 11 is 3.42. The highest BCUT2D eigenvalue weighted by Gasteiger charge is 2.04. The zero-order chi connectivity index (χ0) is 19.3. The van der Waals surface area contributed by atoms with Gasteiger partial charge in [0.25, 0.3) is 0 Å². The number of furan rings is 1. The van der Waals surface area contributed by atoms with Gasteiger partial charge in [0.2, 0.25) is 0 Å². The zero-order valence-corrected chi connectivity index (χ0v) is 17.7. The maximum Gasteiger partial charge on any atom is 0.330 e. The molecule has 0 amide bonds. The lowest BCUT2D eigenvalue weighted by Crippen LogP contribution is -2.02. The van der Waals surface area contributed by atoms with E-state index in [1.54, 1.807) is 6.08 Å². The number of halogens is 1. The molecule has 0 saturated heterocycles. The van der Waals surface area contributed by atoms with Crippen LogP contribution >= 0.6 is 15.9 Å². The lowest BCUT2D eigenvalue weighted by molar-refractivity contribution is -0.137. The first-order chi connectivity index (χ1) is 13.2. The maximum absolute atomic E-state index is 11.8. The Bertz CT molecular complexity index is 701. The van der Waals surface area contributed by atoms with Crippen LogP contribution in [0.1, 0.15) is 64.1 Å². The molecule has 146 valence electrons. The van der Waals surface area contributed by atoms with Gasteiger partial charge in [-0.3, -0.25) is 0 Å². The minimum Gasteiger partial charge on any atom is -0.463 e. The molecule has 2 aromatic rings. The van der Waals surface area contributed by atoms with E-state index >= 15 is 0 Å². The Kier molecular flexibility index (Phi) is 9.99. The van der Waals surface area contributed by atoms with Crippen molar-refractivity contribution < 1.29 is 13.9 Å². The Morgan fingerprint density at radius 3 is 2.33 bits per heavy atom. The molecule has 0 N–H and O–H groups in total. The SMILES string of the molecule is CCCCCCCCCCOC(=O)/C=C/c1ccc(-c2ccc(Br)cc2)o1. The summed E-state index contributed by atoms with van der Waals surface area (Å²) in [5.74, 6) is 1.09. The predicted molar refractivity (Wildman–Crippen MR) is 114 cm³/mol. The van der Waals surface area contributed by atoms with Crippen LogP contribution in [0.3, 0.4) is 0 Å². The average molecular weight is 433 g/mol. The Hall–Kier alpha value is -1.81. The van der Waals surface area contributed by atoms with Crippen LogP contribution in [0.25, 0.3) is 17.4 Å². The van der Waals surface area contributed by atoms with E-state index < -0.39 is 0 Å². The Morgan fingerprint density at radius 2 is 1.63 bits per heavy atom. The summed E-state index contributed by atoms with van der Waals surface area (Å²) in [6.07, 6.45) is 12.9. The molecule has 1 heterocycles. The van der Waals surface area contributed by atoms with E-state index in [0.29, 0.717) is 12.4 Å². The van der Waals surface area contributed by atoms with Crippen LogP contribution in [0.5, 0.6) is 0 Å². The van der Waals surface area contributed by atoms with E-state index in [-0.39, 0.29) is 5.97 Å². The van der Waals surface area contributed by atoms with Gasteiger partial charge in [-0.2, -0.15) is 0 Å². The van der Waals surface area contributed by atoms with Crippen LogP contribution in [0.2, 0.25) is 0 Å². The molecule has 0 bridgehead atoms. The van der Waals surface area contributed by atoms with Crippen LogP contribution in [-0.2, 0) is 9.53 Å². The number of ether oxygens (including phenoxy) is 1. The maximum atomic E-state index is 11.8. The van der Waals surface area contributed by atoms with Crippen molar-refractivity contribution in [2.75, 3.05) is 6.61 Å². The molecule has 0 unspecified atom stereocenters. The van der Waals surface area contributed by atoms with E-state index in [1.807, 2.05) is 36.4 Å². The molecular weight excluding hydrogens is 404 g/mol. The summed E-state index contributed by atoms with van der Waals surface area (Å²) in [6.45, 7) is 2.72. The summed E-state index contributed by atoms with van der Waals surface area (Å²) in [4.78, 5) is 11.8. The van der Waals surface area contributed by atoms with Gasteiger partial charge >= 0.3 is 5.97 Å². The Morgan fingerprint density at radius 1 is 0.963 bits per heavy atom. The van der Waals surface area contributed by atoms with Gasteiger partial charge in [0.1, 0.15) is 11.5 Å². The molecule has 1 aromatic heterocycles. The molecule has 0 aliphatic heterocycles. The first-order valence-corrected chi connectivity index (χ1v) is 10.7. The highest BCUT2D eigenvalue weighted by molar-refractivity contribution is 9.10. The third-order valence-electron chi connectivity index (χ3n) is 4.38. The van der Waals surface area contributed by atoms with Crippen molar-refractivity contribution in [1.29, 1.82) is 0 Å². The van der Waals surface area contributed by atoms with Crippen molar-refractivity contribution in [3.63, 3.8) is 0 Å². The van der Waals surface area contributed by atoms with Crippen LogP contribution in [-0.4, -0.2) is 12.6 Å². The van der Waals surface area contributed by atoms with Gasteiger partial charge in [-0.25, -0.2) is 4.79 Å². The fourth-order valence-electron chi connectivity index (χ4n) is 2.82. The van der Waals surface area contributed by atoms with Gasteiger partial charge in [-0.15, -0.1) is 0 Å². The molecule has 0 atom stereocenters. The van der Waals surface area contributed by atoms with Gasteiger partial charge in [0.05, 0.1) is 6.61 Å². The molecule has 0 saturated carbocycles. The molecule has 0 aliphatic carbocycles. The third kappa shape index (κ3) is 8.61. The van der Waals surface area contributed by atoms with E-state index in [2.05, 4.69) is 22.9 Å². The highest BCUT2D eigenvalue weighted by Crippen LogP contribution is 2.24. The molecule has 0 fully saturated rings. The number of hydrogen-bond donors (Lipinski definition) is 0. The summed E-state index contributed by atoms with van der Waals surface area (Å²) in [5, 5.41) is 0. The van der Waals surface area contributed by atoms with Gasteiger partial charge in [-0.05, 0) is 36.8 Å². The third-order valence-corrected chi connectivity index (χ3v) is 4.91. The lowest BCUT2D eigenvalue weighted by atomic mass is 10.1. The van der Waals surface area contributed by atoms with E-state index in [4.69, 9.17) is 9.15 Å². The van der Waals surface area contributed by atoms with Crippen molar-refractivity contribution in [3.8, 4) is 11.3 Å². The van der Waals surface area contributed by atoms with Gasteiger partial charge in [-0.1, -0.05) is 79.9 Å². The first-order valence-electron chi connectivity index (χ1n) is 9.89. The normalized spacial score (nSPS) is 11.2. The largest absolute Gasteiger partial charge is 0.463 e. The Balaban J connectivity index is 1.63. The van der Waals surface area contributed by atoms with Crippen molar-refractivity contribution in [1.82, 2.24) is 0 Å². The second kappa shape index (κ2) is 12.6. The molecule has 0 aliphatic rings. The number of unbranched alkanes of at least 4 members (excludes halogenated alkanes) is 7. The highest BCUT2D eigenvalue weighted by atomic mass is 79.9. The number of carbonyl (C=O) groups excluding carboxylic acids is 1. The molecule has 4 heteroatoms. The summed E-state index contributed by atoms with van der Waals surface area (Å²) in [7, 11) is 0. The standard InChI is InChI=1S/C23H29BrO3/c1-2-3-4-5-6-7-8-9-18-26-23(25)17-15-21-14-16-22(27-21)19-10-12-20(24)13-11-19/h10-17H,2-9,18H2,1H3/b17-15+. The quantitative estimate of drug-likeness (QED) is 0.199. The van der Waals surface area contributed by atoms with Crippen molar-refractivity contribution in [3.05, 3.63) is 52.7 Å². The minimum absolute atomic E-state index is 0.320. The number of benzene rings is 1. The van der Waals surface area contributed by atoms with Crippen LogP contribution in [0, 0.1) is 0 Å². The zero-order valence-electron chi connectivity index (χ0n) is 16.1. The average Bonchev–Trinajstić information content (AvgIpc) is 3.14. The Labute approximate surface area is 170 Å². The molecule has 2 rings (SSSR count). The van der Waals surface area contributed by atoms with E-state index in [9.17, 15) is 4.79 Å². The van der Waals surface area contributed by atoms with Crippen LogP contribution in [0.4, 0.5) is 0 Å². The number of carbonyl (C=O) groups is 1. The molecular formula is C23H29BrO3. The second-order valence-corrected chi connectivity index (χ2v) is 7.60. The smallest absolute Gasteiger partial charge is 0.330 e. The molecule has 1 aromatic carbocycles. The fraction of sp³-hybridized carbons (Fsp3) is 0.435. The first kappa shape index (κ1) is 21.5. The van der Waals surface area contributed by atoms with Gasteiger partial charge < -0.3 is 9.15 Å². The number of rotatable bonds is 12. The molecule has 27 heavy (non-hydrogen) atoms. The number of hydrogen-bond acceptors (Lipinski definition) is 3. The minimum atomic E-state index is -0.320. The van der Waals surface area contributed by atoms with Gasteiger partial charge in [0, 0.05) is 16.1 Å². The summed E-state index contributed by atoms with van der Waals surface area (Å²) < 4.78 is 12.0. The van der Waals surface area contributed by atoms with E-state index in [0.717, 1.165) is 28.6 Å². The van der Waals surface area contributed by atoms with Crippen LogP contribution in [0.15, 0.2) is 51.4 Å². The van der Waals surface area contributed by atoms with Crippen LogP contribution < -0.4 is 0 Å². The monoisotopic (exact) mass is 432 g/mol. The predicted octanol–water partition coefficient (Wildman–Crippen LogP) is 7.41. The lowest BCUT2D eigenvalue weighted by Gasteiger charge is -2.02. The topological polar surface area (TPSA) is 39.4 Å². The number of esters is 1. The molecule has 3 nitrogen and oxygen atoms in total. The van der Waals surface area contributed by atoms with E-state index in [1.165, 1.54) is 44.6 Å². The van der Waals surface area contributed by atoms with Crippen molar-refractivity contribution in [2.45, 2.75) is 58.3 Å². The summed E-state index contributed by atoms with van der Waals surface area (Å²) in [6, 6.07) is 11.6. The van der Waals surface area contributed by atoms with Crippen molar-refractivity contribution >= 4 is 28.0 Å². The van der Waals surface area contributed by atoms with Crippen molar-refractivity contribution in [2.24, 2.45) is 0 Å². The van der Waals surface area contributed by atoms with Gasteiger partial charge in [0.15, 0.2) is 0 Å².